The number of aliphatic hydroxyl groups excluding tert-OH is 1. The van der Waals surface area contributed by atoms with Crippen LogP contribution in [0.5, 0.6) is 0 Å². The molecule has 0 spiro atoms. The van der Waals surface area contributed by atoms with Crippen LogP contribution >= 0.6 is 0 Å². The third kappa shape index (κ3) is 3.21. The van der Waals surface area contributed by atoms with Crippen molar-refractivity contribution in [2.75, 3.05) is 13.1 Å². The van der Waals surface area contributed by atoms with Gasteiger partial charge in [0.1, 0.15) is 0 Å². The quantitative estimate of drug-likeness (QED) is 0.927. The third-order valence-corrected chi connectivity index (χ3v) is 3.61. The lowest BCUT2D eigenvalue weighted by Gasteiger charge is -2.29. The van der Waals surface area contributed by atoms with Gasteiger partial charge >= 0.3 is 0 Å². The van der Waals surface area contributed by atoms with Gasteiger partial charge in [-0.05, 0) is 25.5 Å². The molecule has 2 heterocycles. The Bertz CT molecular complexity index is 559. The van der Waals surface area contributed by atoms with Gasteiger partial charge in [0, 0.05) is 24.8 Å². The van der Waals surface area contributed by atoms with E-state index in [-0.39, 0.29) is 6.10 Å². The number of rotatable bonds is 3. The summed E-state index contributed by atoms with van der Waals surface area (Å²) >= 11 is 0. The van der Waals surface area contributed by atoms with Gasteiger partial charge in [0.25, 0.3) is 0 Å². The highest BCUT2D eigenvalue weighted by Crippen LogP contribution is 2.16. The molecule has 1 atom stereocenters. The maximum Gasteiger partial charge on any atom is 0.159 e. The minimum Gasteiger partial charge on any atom is -0.392 e. The van der Waals surface area contributed by atoms with E-state index in [2.05, 4.69) is 14.9 Å². The van der Waals surface area contributed by atoms with Crippen molar-refractivity contribution in [2.45, 2.75) is 25.5 Å². The largest absolute Gasteiger partial charge is 0.392 e. The Balaban J connectivity index is 1.74. The summed E-state index contributed by atoms with van der Waals surface area (Å²) in [5.74, 6) is 0.764. The first-order valence-corrected chi connectivity index (χ1v) is 7.09. The molecule has 0 amide bonds. The van der Waals surface area contributed by atoms with Gasteiger partial charge in [-0.25, -0.2) is 9.97 Å². The van der Waals surface area contributed by atoms with E-state index in [0.29, 0.717) is 0 Å². The molecule has 1 aliphatic heterocycles. The number of benzene rings is 1. The topological polar surface area (TPSA) is 49.2 Å². The molecular formula is C16H19N3O. The van der Waals surface area contributed by atoms with Crippen LogP contribution in [0.15, 0.2) is 42.6 Å². The Morgan fingerprint density at radius 3 is 2.85 bits per heavy atom. The van der Waals surface area contributed by atoms with Gasteiger partial charge in [-0.2, -0.15) is 0 Å². The zero-order valence-electron chi connectivity index (χ0n) is 11.4. The molecule has 1 aromatic carbocycles. The number of likely N-dealkylation sites (tertiary alicyclic amines) is 1. The maximum atomic E-state index is 9.72. The standard InChI is InChI=1S/C16H19N3O/c20-15-7-4-10-19(12-15)11-14-8-9-17-16(18-14)13-5-2-1-3-6-13/h1-3,5-6,8-9,15,20H,4,7,10-12H2. The first-order valence-electron chi connectivity index (χ1n) is 7.09. The lowest BCUT2D eigenvalue weighted by atomic mass is 10.1. The second-order valence-electron chi connectivity index (χ2n) is 5.27. The van der Waals surface area contributed by atoms with Crippen LogP contribution in [0.4, 0.5) is 0 Å². The van der Waals surface area contributed by atoms with Crippen molar-refractivity contribution in [3.8, 4) is 11.4 Å². The lowest BCUT2D eigenvalue weighted by Crippen LogP contribution is -2.37. The van der Waals surface area contributed by atoms with Gasteiger partial charge in [0.2, 0.25) is 0 Å². The van der Waals surface area contributed by atoms with Crippen LogP contribution in [0.1, 0.15) is 18.5 Å². The van der Waals surface area contributed by atoms with E-state index in [1.165, 1.54) is 0 Å². The molecule has 1 saturated heterocycles. The van der Waals surface area contributed by atoms with Crippen LogP contribution in [0, 0.1) is 0 Å². The molecule has 2 aromatic rings. The van der Waals surface area contributed by atoms with Gasteiger partial charge in [0.15, 0.2) is 5.82 Å². The molecule has 3 rings (SSSR count). The van der Waals surface area contributed by atoms with E-state index in [1.54, 1.807) is 0 Å². The molecule has 1 N–H and O–H groups in total. The summed E-state index contributed by atoms with van der Waals surface area (Å²) in [4.78, 5) is 11.2. The van der Waals surface area contributed by atoms with Crippen molar-refractivity contribution < 1.29 is 5.11 Å². The summed E-state index contributed by atoms with van der Waals surface area (Å²) in [6.07, 6.45) is 3.58. The summed E-state index contributed by atoms with van der Waals surface area (Å²) in [5.41, 5.74) is 2.04. The van der Waals surface area contributed by atoms with Crippen LogP contribution in [-0.4, -0.2) is 39.2 Å². The van der Waals surface area contributed by atoms with Crippen LogP contribution in [0.2, 0.25) is 0 Å². The number of aromatic nitrogens is 2. The van der Waals surface area contributed by atoms with Gasteiger partial charge < -0.3 is 5.11 Å². The number of nitrogens with zero attached hydrogens (tertiary/aromatic N) is 3. The van der Waals surface area contributed by atoms with E-state index < -0.39 is 0 Å². The van der Waals surface area contributed by atoms with E-state index in [1.807, 2.05) is 42.6 Å². The monoisotopic (exact) mass is 269 g/mol. The molecule has 4 heteroatoms. The van der Waals surface area contributed by atoms with E-state index in [9.17, 15) is 5.11 Å². The Hall–Kier alpha value is -1.78. The number of hydrogen-bond acceptors (Lipinski definition) is 4. The normalized spacial score (nSPS) is 19.9. The Kier molecular flexibility index (Phi) is 4.04. The number of hydrogen-bond donors (Lipinski definition) is 1. The molecule has 0 saturated carbocycles. The summed E-state index contributed by atoms with van der Waals surface area (Å²) in [5, 5.41) is 9.72. The predicted molar refractivity (Wildman–Crippen MR) is 78.0 cm³/mol. The molecular weight excluding hydrogens is 250 g/mol. The highest BCUT2D eigenvalue weighted by Gasteiger charge is 2.18. The molecule has 0 aliphatic carbocycles. The first kappa shape index (κ1) is 13.2. The molecule has 1 aromatic heterocycles. The number of β-amino-alcohol motifs (C(OH)–C–C–N with tert-alkyl or cyclic N) is 1. The summed E-state index contributed by atoms with van der Waals surface area (Å²) in [6, 6.07) is 12.0. The highest BCUT2D eigenvalue weighted by atomic mass is 16.3. The Labute approximate surface area is 119 Å². The number of aliphatic hydroxyl groups is 1. The van der Waals surface area contributed by atoms with E-state index >= 15 is 0 Å². The SMILES string of the molecule is OC1CCCN(Cc2ccnc(-c3ccccc3)n2)C1. The van der Waals surface area contributed by atoms with Crippen molar-refractivity contribution in [1.82, 2.24) is 14.9 Å². The fraction of sp³-hybridized carbons (Fsp3) is 0.375. The zero-order chi connectivity index (χ0) is 13.8. The van der Waals surface area contributed by atoms with Crippen LogP contribution < -0.4 is 0 Å². The maximum absolute atomic E-state index is 9.72. The van der Waals surface area contributed by atoms with Crippen molar-refractivity contribution in [1.29, 1.82) is 0 Å². The van der Waals surface area contributed by atoms with Crippen molar-refractivity contribution in [2.24, 2.45) is 0 Å². The van der Waals surface area contributed by atoms with E-state index in [4.69, 9.17) is 0 Å². The molecule has 1 unspecified atom stereocenters. The molecule has 104 valence electrons. The minimum atomic E-state index is -0.195. The molecule has 0 bridgehead atoms. The second kappa shape index (κ2) is 6.11. The lowest BCUT2D eigenvalue weighted by molar-refractivity contribution is 0.0662. The van der Waals surface area contributed by atoms with Crippen LogP contribution in [0.3, 0.4) is 0 Å². The van der Waals surface area contributed by atoms with Gasteiger partial charge in [-0.15, -0.1) is 0 Å². The molecule has 20 heavy (non-hydrogen) atoms. The third-order valence-electron chi connectivity index (χ3n) is 3.61. The molecule has 4 nitrogen and oxygen atoms in total. The van der Waals surface area contributed by atoms with Crippen molar-refractivity contribution >= 4 is 0 Å². The van der Waals surface area contributed by atoms with Crippen molar-refractivity contribution in [3.63, 3.8) is 0 Å². The average Bonchev–Trinajstić information content (AvgIpc) is 2.48. The van der Waals surface area contributed by atoms with Crippen LogP contribution in [0.25, 0.3) is 11.4 Å². The predicted octanol–water partition coefficient (Wildman–Crippen LogP) is 2.10. The second-order valence-corrected chi connectivity index (χ2v) is 5.27. The van der Waals surface area contributed by atoms with E-state index in [0.717, 1.165) is 49.6 Å². The van der Waals surface area contributed by atoms with Crippen LogP contribution in [-0.2, 0) is 6.54 Å². The minimum absolute atomic E-state index is 0.195. The fourth-order valence-corrected chi connectivity index (χ4v) is 2.61. The van der Waals surface area contributed by atoms with Gasteiger partial charge in [0.05, 0.1) is 11.8 Å². The Morgan fingerprint density at radius 2 is 2.05 bits per heavy atom. The number of piperidine rings is 1. The first-order chi connectivity index (χ1) is 9.81. The summed E-state index contributed by atoms with van der Waals surface area (Å²) in [6.45, 7) is 2.55. The smallest absolute Gasteiger partial charge is 0.159 e. The van der Waals surface area contributed by atoms with Crippen molar-refractivity contribution in [3.05, 3.63) is 48.3 Å². The average molecular weight is 269 g/mol. The van der Waals surface area contributed by atoms with Gasteiger partial charge in [-0.1, -0.05) is 30.3 Å². The van der Waals surface area contributed by atoms with Gasteiger partial charge in [-0.3, -0.25) is 4.90 Å². The Morgan fingerprint density at radius 1 is 1.20 bits per heavy atom. The fourth-order valence-electron chi connectivity index (χ4n) is 2.61. The summed E-state index contributed by atoms with van der Waals surface area (Å²) in [7, 11) is 0. The summed E-state index contributed by atoms with van der Waals surface area (Å²) < 4.78 is 0. The zero-order valence-corrected chi connectivity index (χ0v) is 11.4. The molecule has 0 radical (unpaired) electrons. The molecule has 1 aliphatic rings. The molecule has 1 fully saturated rings. The highest BCUT2D eigenvalue weighted by molar-refractivity contribution is 5.54.